The molecule has 0 saturated heterocycles. The molecule has 2 aromatic rings. The minimum absolute atomic E-state index is 0.162. The fraction of sp³-hybridized carbons (Fsp3) is 0.0769. The van der Waals surface area contributed by atoms with Gasteiger partial charge in [-0.25, -0.2) is 13.8 Å². The quantitative estimate of drug-likeness (QED) is 0.856. The van der Waals surface area contributed by atoms with Gasteiger partial charge >= 0.3 is 0 Å². The predicted molar refractivity (Wildman–Crippen MR) is 68.3 cm³/mol. The van der Waals surface area contributed by atoms with E-state index in [-0.39, 0.29) is 10.8 Å². The van der Waals surface area contributed by atoms with Crippen LogP contribution in [0.5, 0.6) is 0 Å². The van der Waals surface area contributed by atoms with Gasteiger partial charge in [-0.15, -0.1) is 0 Å². The van der Waals surface area contributed by atoms with Crippen LogP contribution in [0.1, 0.15) is 16.1 Å². The van der Waals surface area contributed by atoms with Crippen LogP contribution in [0.3, 0.4) is 0 Å². The van der Waals surface area contributed by atoms with Crippen LogP contribution in [0.2, 0.25) is 5.15 Å². The van der Waals surface area contributed by atoms with Gasteiger partial charge in [0.05, 0.1) is 0 Å². The van der Waals surface area contributed by atoms with Gasteiger partial charge < -0.3 is 5.32 Å². The maximum absolute atomic E-state index is 13.0. The van der Waals surface area contributed by atoms with Gasteiger partial charge in [-0.2, -0.15) is 0 Å². The summed E-state index contributed by atoms with van der Waals surface area (Å²) in [6.45, 7) is 1.69. The largest absolute Gasteiger partial charge is 0.322 e. The van der Waals surface area contributed by atoms with E-state index in [1.165, 1.54) is 12.1 Å². The number of anilines is 1. The maximum Gasteiger partial charge on any atom is 0.255 e. The molecule has 0 aliphatic rings. The van der Waals surface area contributed by atoms with Crippen molar-refractivity contribution in [2.75, 3.05) is 5.32 Å². The van der Waals surface area contributed by atoms with Crippen molar-refractivity contribution < 1.29 is 13.6 Å². The first-order valence-corrected chi connectivity index (χ1v) is 5.74. The molecule has 1 aromatic carbocycles. The molecular weight excluding hydrogens is 274 g/mol. The molecule has 0 unspecified atom stereocenters. The normalized spacial score (nSPS) is 10.3. The Labute approximate surface area is 113 Å². The molecule has 1 amide bonds. The van der Waals surface area contributed by atoms with Crippen molar-refractivity contribution in [3.8, 4) is 0 Å². The van der Waals surface area contributed by atoms with E-state index in [0.29, 0.717) is 11.3 Å². The number of carbonyl (C=O) groups excluding carboxylic acids is 1. The second-order valence-electron chi connectivity index (χ2n) is 3.90. The lowest BCUT2D eigenvalue weighted by atomic mass is 10.2. The van der Waals surface area contributed by atoms with Gasteiger partial charge in [0.15, 0.2) is 11.6 Å². The zero-order valence-electron chi connectivity index (χ0n) is 9.88. The number of pyridine rings is 1. The molecule has 0 atom stereocenters. The van der Waals surface area contributed by atoms with Crippen molar-refractivity contribution in [2.45, 2.75) is 6.92 Å². The lowest BCUT2D eigenvalue weighted by Gasteiger charge is -2.06. The Bertz CT molecular complexity index is 626. The molecule has 0 aliphatic heterocycles. The summed E-state index contributed by atoms with van der Waals surface area (Å²) in [5.41, 5.74) is 1.04. The summed E-state index contributed by atoms with van der Waals surface area (Å²) in [4.78, 5) is 15.8. The molecule has 2 rings (SSSR count). The van der Waals surface area contributed by atoms with Crippen LogP contribution < -0.4 is 5.32 Å². The Hall–Kier alpha value is -2.01. The van der Waals surface area contributed by atoms with Crippen LogP contribution in [0.15, 0.2) is 30.3 Å². The topological polar surface area (TPSA) is 42.0 Å². The van der Waals surface area contributed by atoms with Gasteiger partial charge in [0.25, 0.3) is 5.91 Å². The smallest absolute Gasteiger partial charge is 0.255 e. The Kier molecular flexibility index (Phi) is 3.76. The van der Waals surface area contributed by atoms with E-state index in [1.54, 1.807) is 13.0 Å². The fourth-order valence-corrected chi connectivity index (χ4v) is 1.79. The summed E-state index contributed by atoms with van der Waals surface area (Å²) in [5.74, 6) is -2.47. The van der Waals surface area contributed by atoms with Crippen molar-refractivity contribution in [3.63, 3.8) is 0 Å². The highest BCUT2D eigenvalue weighted by atomic mass is 35.5. The van der Waals surface area contributed by atoms with Gasteiger partial charge in [0.2, 0.25) is 0 Å². The molecule has 1 N–H and O–H groups in total. The Morgan fingerprint density at radius 2 is 1.95 bits per heavy atom. The molecule has 0 fully saturated rings. The molecule has 1 aromatic heterocycles. The highest BCUT2D eigenvalue weighted by Crippen LogP contribution is 2.16. The molecule has 0 saturated carbocycles. The van der Waals surface area contributed by atoms with Gasteiger partial charge in [-0.1, -0.05) is 11.6 Å². The van der Waals surface area contributed by atoms with E-state index in [0.717, 1.165) is 12.1 Å². The highest BCUT2D eigenvalue weighted by molar-refractivity contribution is 6.29. The van der Waals surface area contributed by atoms with Crippen LogP contribution in [0.4, 0.5) is 14.5 Å². The van der Waals surface area contributed by atoms with E-state index < -0.39 is 17.5 Å². The Morgan fingerprint density at radius 1 is 1.21 bits per heavy atom. The number of amides is 1. The number of carbonyl (C=O) groups is 1. The van der Waals surface area contributed by atoms with E-state index in [9.17, 15) is 13.6 Å². The summed E-state index contributed by atoms with van der Waals surface area (Å²) in [6, 6.07) is 6.05. The van der Waals surface area contributed by atoms with Gasteiger partial charge in [-0.05, 0) is 31.2 Å². The van der Waals surface area contributed by atoms with Crippen molar-refractivity contribution in [1.82, 2.24) is 4.98 Å². The lowest BCUT2D eigenvalue weighted by Crippen LogP contribution is -2.12. The number of halogens is 3. The van der Waals surface area contributed by atoms with E-state index >= 15 is 0 Å². The van der Waals surface area contributed by atoms with E-state index in [4.69, 9.17) is 11.6 Å². The average Bonchev–Trinajstić information content (AvgIpc) is 2.32. The number of hydrogen-bond acceptors (Lipinski definition) is 2. The van der Waals surface area contributed by atoms with Crippen LogP contribution in [0.25, 0.3) is 0 Å². The second-order valence-corrected chi connectivity index (χ2v) is 4.29. The van der Waals surface area contributed by atoms with Crippen LogP contribution in [0, 0.1) is 18.6 Å². The number of nitrogens with zero attached hydrogens (tertiary/aromatic N) is 1. The molecule has 0 spiro atoms. The minimum Gasteiger partial charge on any atom is -0.322 e. The Balaban J connectivity index is 2.22. The van der Waals surface area contributed by atoms with Gasteiger partial charge in [-0.3, -0.25) is 4.79 Å². The van der Waals surface area contributed by atoms with E-state index in [1.807, 2.05) is 0 Å². The first kappa shape index (κ1) is 13.4. The third-order valence-corrected chi connectivity index (χ3v) is 2.56. The third-order valence-electron chi connectivity index (χ3n) is 2.36. The third kappa shape index (κ3) is 3.26. The van der Waals surface area contributed by atoms with Crippen LogP contribution >= 0.6 is 11.6 Å². The standard InChI is InChI=1S/C13H9ClF2N2O/c1-7-4-8(5-12(14)17-7)13(19)18-9-2-3-10(15)11(16)6-9/h2-6H,1H3,(H,18,19). The Morgan fingerprint density at radius 3 is 2.58 bits per heavy atom. The molecule has 0 aliphatic carbocycles. The molecule has 3 nitrogen and oxygen atoms in total. The minimum atomic E-state index is -1.03. The van der Waals surface area contributed by atoms with Crippen molar-refractivity contribution >= 4 is 23.2 Å². The summed E-state index contributed by atoms with van der Waals surface area (Å²) >= 11 is 5.74. The average molecular weight is 283 g/mol. The van der Waals surface area contributed by atoms with Crippen molar-refractivity contribution in [2.24, 2.45) is 0 Å². The molecule has 1 heterocycles. The van der Waals surface area contributed by atoms with Crippen LogP contribution in [-0.4, -0.2) is 10.9 Å². The summed E-state index contributed by atoms with van der Waals surface area (Å²) in [6.07, 6.45) is 0. The first-order valence-electron chi connectivity index (χ1n) is 5.36. The lowest BCUT2D eigenvalue weighted by molar-refractivity contribution is 0.102. The summed E-state index contributed by atoms with van der Waals surface area (Å²) in [5, 5.41) is 2.64. The summed E-state index contributed by atoms with van der Waals surface area (Å²) < 4.78 is 25.8. The van der Waals surface area contributed by atoms with Gasteiger partial charge in [0, 0.05) is 23.0 Å². The van der Waals surface area contributed by atoms with Crippen molar-refractivity contribution in [3.05, 3.63) is 58.4 Å². The molecule has 6 heteroatoms. The molecular formula is C13H9ClF2N2O. The zero-order valence-corrected chi connectivity index (χ0v) is 10.6. The number of nitrogens with one attached hydrogen (secondary N) is 1. The van der Waals surface area contributed by atoms with E-state index in [2.05, 4.69) is 10.3 Å². The highest BCUT2D eigenvalue weighted by Gasteiger charge is 2.10. The van der Waals surface area contributed by atoms with Gasteiger partial charge in [0.1, 0.15) is 5.15 Å². The molecule has 0 radical (unpaired) electrons. The molecule has 98 valence electrons. The maximum atomic E-state index is 13.0. The number of aromatic nitrogens is 1. The number of rotatable bonds is 2. The first-order chi connectivity index (χ1) is 8.95. The monoisotopic (exact) mass is 282 g/mol. The van der Waals surface area contributed by atoms with Crippen molar-refractivity contribution in [1.29, 1.82) is 0 Å². The number of hydrogen-bond donors (Lipinski definition) is 1. The zero-order chi connectivity index (χ0) is 14.0. The molecule has 19 heavy (non-hydrogen) atoms. The van der Waals surface area contributed by atoms with Crippen LogP contribution in [-0.2, 0) is 0 Å². The molecule has 0 bridgehead atoms. The second kappa shape index (κ2) is 5.32. The predicted octanol–water partition coefficient (Wildman–Crippen LogP) is 3.57. The SMILES string of the molecule is Cc1cc(C(=O)Nc2ccc(F)c(F)c2)cc(Cl)n1. The number of aryl methyl sites for hydroxylation is 1. The summed E-state index contributed by atoms with van der Waals surface area (Å²) in [7, 11) is 0. The number of benzene rings is 1. The fourth-order valence-electron chi connectivity index (χ4n) is 1.54.